The van der Waals surface area contributed by atoms with Gasteiger partial charge < -0.3 is 5.32 Å². The van der Waals surface area contributed by atoms with Crippen molar-refractivity contribution in [1.82, 2.24) is 5.32 Å². The van der Waals surface area contributed by atoms with Crippen LogP contribution in [0.25, 0.3) is 0 Å². The average Bonchev–Trinajstić information content (AvgIpc) is 2.30. The van der Waals surface area contributed by atoms with E-state index in [0.717, 1.165) is 11.8 Å². The molecule has 1 unspecified atom stereocenters. The number of nitrogens with one attached hydrogen (secondary N) is 1. The van der Waals surface area contributed by atoms with Gasteiger partial charge >= 0.3 is 0 Å². The Balaban J connectivity index is 2.55. The van der Waals surface area contributed by atoms with E-state index in [0.29, 0.717) is 22.5 Å². The Bertz CT molecular complexity index is 398. The lowest BCUT2D eigenvalue weighted by molar-refractivity contribution is 0.0947. The first-order chi connectivity index (χ1) is 8.04. The van der Waals surface area contributed by atoms with E-state index in [2.05, 4.69) is 44.1 Å². The van der Waals surface area contributed by atoms with Crippen LogP contribution in [0.1, 0.15) is 23.7 Å². The van der Waals surface area contributed by atoms with Crippen LogP contribution in [0.5, 0.6) is 0 Å². The fourth-order valence-corrected chi connectivity index (χ4v) is 2.32. The van der Waals surface area contributed by atoms with Crippen molar-refractivity contribution in [3.63, 3.8) is 0 Å². The average molecular weight is 367 g/mol. The third-order valence-electron chi connectivity index (χ3n) is 2.39. The minimum absolute atomic E-state index is 0.238. The predicted octanol–water partition coefficient (Wildman–Crippen LogP) is 3.74. The van der Waals surface area contributed by atoms with E-state index in [1.54, 1.807) is 6.07 Å². The highest BCUT2D eigenvalue weighted by molar-refractivity contribution is 9.10. The molecule has 5 heteroatoms. The summed E-state index contributed by atoms with van der Waals surface area (Å²) in [6, 6.07) is 4.36. The van der Waals surface area contributed by atoms with E-state index < -0.39 is 5.82 Å². The van der Waals surface area contributed by atoms with Crippen LogP contribution in [-0.4, -0.2) is 17.8 Å². The molecule has 1 atom stereocenters. The fourth-order valence-electron chi connectivity index (χ4n) is 1.29. The van der Waals surface area contributed by atoms with Gasteiger partial charge in [0.1, 0.15) is 5.82 Å². The van der Waals surface area contributed by atoms with Crippen LogP contribution in [0, 0.1) is 11.7 Å². The third-order valence-corrected chi connectivity index (χ3v) is 3.50. The SMILES string of the molecule is CC(CCBr)CNC(=O)c1ccc(Br)c(F)c1. The predicted molar refractivity (Wildman–Crippen MR) is 74.0 cm³/mol. The quantitative estimate of drug-likeness (QED) is 0.790. The highest BCUT2D eigenvalue weighted by atomic mass is 79.9. The first-order valence-corrected chi connectivity index (χ1v) is 7.25. The topological polar surface area (TPSA) is 29.1 Å². The van der Waals surface area contributed by atoms with Crippen molar-refractivity contribution in [2.24, 2.45) is 5.92 Å². The fraction of sp³-hybridized carbons (Fsp3) is 0.417. The smallest absolute Gasteiger partial charge is 0.251 e. The van der Waals surface area contributed by atoms with Crippen molar-refractivity contribution in [3.05, 3.63) is 34.1 Å². The van der Waals surface area contributed by atoms with E-state index in [4.69, 9.17) is 0 Å². The molecule has 1 aromatic rings. The standard InChI is InChI=1S/C12H14Br2FNO/c1-8(4-5-13)7-16-12(17)9-2-3-10(14)11(15)6-9/h2-3,6,8H,4-5,7H2,1H3,(H,16,17). The zero-order valence-corrected chi connectivity index (χ0v) is 12.6. The normalized spacial score (nSPS) is 12.2. The highest BCUT2D eigenvalue weighted by Crippen LogP contribution is 2.16. The number of benzene rings is 1. The third kappa shape index (κ3) is 4.76. The lowest BCUT2D eigenvalue weighted by Gasteiger charge is -2.11. The zero-order valence-electron chi connectivity index (χ0n) is 9.47. The van der Waals surface area contributed by atoms with Gasteiger partial charge in [0.15, 0.2) is 0 Å². The Labute approximate surface area is 117 Å². The van der Waals surface area contributed by atoms with Crippen LogP contribution >= 0.6 is 31.9 Å². The van der Waals surface area contributed by atoms with Gasteiger partial charge in [-0.05, 0) is 46.5 Å². The molecule has 0 fully saturated rings. The molecule has 1 N–H and O–H groups in total. The van der Waals surface area contributed by atoms with E-state index in [9.17, 15) is 9.18 Å². The molecule has 0 bridgehead atoms. The largest absolute Gasteiger partial charge is 0.352 e. The Morgan fingerprint density at radius 1 is 1.53 bits per heavy atom. The van der Waals surface area contributed by atoms with Gasteiger partial charge in [0.05, 0.1) is 4.47 Å². The molecule has 0 saturated carbocycles. The molecule has 0 aromatic heterocycles. The molecule has 1 amide bonds. The van der Waals surface area contributed by atoms with Gasteiger partial charge in [-0.25, -0.2) is 4.39 Å². The van der Waals surface area contributed by atoms with Crippen LogP contribution in [0.2, 0.25) is 0 Å². The molecule has 94 valence electrons. The molecule has 17 heavy (non-hydrogen) atoms. The molecular weight excluding hydrogens is 353 g/mol. The summed E-state index contributed by atoms with van der Waals surface area (Å²) in [4.78, 5) is 11.7. The number of carbonyl (C=O) groups excluding carboxylic acids is 1. The molecule has 1 rings (SSSR count). The number of hydrogen-bond acceptors (Lipinski definition) is 1. The maximum atomic E-state index is 13.2. The lowest BCUT2D eigenvalue weighted by Crippen LogP contribution is -2.28. The Morgan fingerprint density at radius 2 is 2.24 bits per heavy atom. The van der Waals surface area contributed by atoms with Crippen LogP contribution < -0.4 is 5.32 Å². The molecule has 0 heterocycles. The van der Waals surface area contributed by atoms with Crippen molar-refractivity contribution in [3.8, 4) is 0 Å². The summed E-state index contributed by atoms with van der Waals surface area (Å²) in [5.74, 6) is -0.261. The summed E-state index contributed by atoms with van der Waals surface area (Å²) in [5.41, 5.74) is 0.344. The second kappa shape index (κ2) is 7.11. The molecular formula is C12H14Br2FNO. The Kier molecular flexibility index (Phi) is 6.12. The molecule has 0 radical (unpaired) electrons. The molecule has 0 spiro atoms. The summed E-state index contributed by atoms with van der Waals surface area (Å²) < 4.78 is 13.6. The maximum absolute atomic E-state index is 13.2. The molecule has 0 aliphatic rings. The number of amides is 1. The van der Waals surface area contributed by atoms with Gasteiger partial charge in [-0.2, -0.15) is 0 Å². The van der Waals surface area contributed by atoms with E-state index >= 15 is 0 Å². The summed E-state index contributed by atoms with van der Waals surface area (Å²) >= 11 is 6.40. The minimum atomic E-state index is -0.425. The first kappa shape index (κ1) is 14.6. The summed E-state index contributed by atoms with van der Waals surface area (Å²) in [6.07, 6.45) is 0.995. The van der Waals surface area contributed by atoms with Gasteiger partial charge in [0, 0.05) is 17.4 Å². The van der Waals surface area contributed by atoms with E-state index in [1.807, 2.05) is 0 Å². The number of carbonyl (C=O) groups is 1. The van der Waals surface area contributed by atoms with Gasteiger partial charge in [-0.15, -0.1) is 0 Å². The maximum Gasteiger partial charge on any atom is 0.251 e. The number of hydrogen-bond donors (Lipinski definition) is 1. The zero-order chi connectivity index (χ0) is 12.8. The second-order valence-corrected chi connectivity index (χ2v) is 5.57. The summed E-state index contributed by atoms with van der Waals surface area (Å²) in [7, 11) is 0. The number of halogens is 3. The van der Waals surface area contributed by atoms with Crippen molar-refractivity contribution in [1.29, 1.82) is 0 Å². The summed E-state index contributed by atoms with van der Waals surface area (Å²) in [5, 5.41) is 3.70. The van der Waals surface area contributed by atoms with Gasteiger partial charge in [-0.1, -0.05) is 22.9 Å². The first-order valence-electron chi connectivity index (χ1n) is 5.33. The van der Waals surface area contributed by atoms with Crippen LogP contribution in [0.3, 0.4) is 0 Å². The van der Waals surface area contributed by atoms with Crippen molar-refractivity contribution in [2.45, 2.75) is 13.3 Å². The van der Waals surface area contributed by atoms with Crippen molar-refractivity contribution >= 4 is 37.8 Å². The molecule has 0 saturated heterocycles. The van der Waals surface area contributed by atoms with Crippen molar-refractivity contribution in [2.75, 3.05) is 11.9 Å². The number of alkyl halides is 1. The van der Waals surface area contributed by atoms with Gasteiger partial charge in [0.2, 0.25) is 0 Å². The Morgan fingerprint density at radius 3 is 2.82 bits per heavy atom. The summed E-state index contributed by atoms with van der Waals surface area (Å²) in [6.45, 7) is 2.66. The molecule has 0 aliphatic carbocycles. The highest BCUT2D eigenvalue weighted by Gasteiger charge is 2.09. The minimum Gasteiger partial charge on any atom is -0.352 e. The van der Waals surface area contributed by atoms with Crippen LogP contribution in [0.4, 0.5) is 4.39 Å². The van der Waals surface area contributed by atoms with E-state index in [1.165, 1.54) is 12.1 Å². The second-order valence-electron chi connectivity index (χ2n) is 3.92. The monoisotopic (exact) mass is 365 g/mol. The van der Waals surface area contributed by atoms with E-state index in [-0.39, 0.29) is 5.91 Å². The molecule has 2 nitrogen and oxygen atoms in total. The van der Waals surface area contributed by atoms with Gasteiger partial charge in [0.25, 0.3) is 5.91 Å². The Hall–Kier alpha value is -0.420. The lowest BCUT2D eigenvalue weighted by atomic mass is 10.1. The number of rotatable bonds is 5. The van der Waals surface area contributed by atoms with Crippen molar-refractivity contribution < 1.29 is 9.18 Å². The van der Waals surface area contributed by atoms with Gasteiger partial charge in [-0.3, -0.25) is 4.79 Å². The van der Waals surface area contributed by atoms with Crippen LogP contribution in [-0.2, 0) is 0 Å². The molecule has 0 aliphatic heterocycles. The van der Waals surface area contributed by atoms with Crippen LogP contribution in [0.15, 0.2) is 22.7 Å². The molecule has 1 aromatic carbocycles.